The van der Waals surface area contributed by atoms with E-state index in [2.05, 4.69) is 48.7 Å². The number of hydrogen-bond donors (Lipinski definition) is 2. The molecule has 0 bridgehead atoms. The second-order valence-electron chi connectivity index (χ2n) is 3.42. The Labute approximate surface area is 113 Å². The van der Waals surface area contributed by atoms with Crippen molar-refractivity contribution < 1.29 is 0 Å². The smallest absolute Gasteiger partial charge is 0.131 e. The van der Waals surface area contributed by atoms with Crippen molar-refractivity contribution in [2.75, 3.05) is 24.2 Å². The lowest BCUT2D eigenvalue weighted by Gasteiger charge is -2.05. The van der Waals surface area contributed by atoms with Crippen LogP contribution >= 0.6 is 27.3 Å². The number of halogens is 1. The summed E-state index contributed by atoms with van der Waals surface area (Å²) in [5.74, 6) is 1.67. The first-order valence-corrected chi connectivity index (χ1v) is 6.87. The number of thiophene rings is 1. The average Bonchev–Trinajstić information content (AvgIpc) is 2.75. The number of aromatic nitrogens is 2. The SMILES string of the molecule is CNc1cc(NCCc2ccc(Br)s2)ncn1. The highest BCUT2D eigenvalue weighted by Gasteiger charge is 1.99. The molecule has 0 aliphatic heterocycles. The van der Waals surface area contributed by atoms with Crippen molar-refractivity contribution in [2.45, 2.75) is 6.42 Å². The van der Waals surface area contributed by atoms with E-state index in [1.165, 1.54) is 8.66 Å². The predicted molar refractivity (Wildman–Crippen MR) is 75.8 cm³/mol. The van der Waals surface area contributed by atoms with Gasteiger partial charge in [-0.3, -0.25) is 0 Å². The van der Waals surface area contributed by atoms with E-state index in [4.69, 9.17) is 0 Å². The van der Waals surface area contributed by atoms with E-state index in [1.54, 1.807) is 17.7 Å². The van der Waals surface area contributed by atoms with Crippen molar-refractivity contribution in [3.8, 4) is 0 Å². The molecule has 2 aromatic rings. The second-order valence-corrected chi connectivity index (χ2v) is 5.97. The van der Waals surface area contributed by atoms with E-state index >= 15 is 0 Å². The summed E-state index contributed by atoms with van der Waals surface area (Å²) in [6, 6.07) is 6.10. The van der Waals surface area contributed by atoms with Crippen LogP contribution in [-0.4, -0.2) is 23.6 Å². The Morgan fingerprint density at radius 1 is 1.29 bits per heavy atom. The molecule has 0 fully saturated rings. The zero-order chi connectivity index (χ0) is 12.1. The molecule has 2 N–H and O–H groups in total. The van der Waals surface area contributed by atoms with Gasteiger partial charge < -0.3 is 10.6 Å². The summed E-state index contributed by atoms with van der Waals surface area (Å²) in [5.41, 5.74) is 0. The molecule has 0 unspecified atom stereocenters. The monoisotopic (exact) mass is 312 g/mol. The highest BCUT2D eigenvalue weighted by atomic mass is 79.9. The van der Waals surface area contributed by atoms with Gasteiger partial charge in [-0.15, -0.1) is 11.3 Å². The lowest BCUT2D eigenvalue weighted by atomic mass is 10.3. The fourth-order valence-corrected chi connectivity index (χ4v) is 2.87. The molecule has 2 heterocycles. The van der Waals surface area contributed by atoms with Crippen LogP contribution in [0.15, 0.2) is 28.3 Å². The Morgan fingerprint density at radius 3 is 2.82 bits per heavy atom. The minimum Gasteiger partial charge on any atom is -0.373 e. The number of anilines is 2. The molecule has 0 aromatic carbocycles. The molecule has 0 aliphatic carbocycles. The van der Waals surface area contributed by atoms with Gasteiger partial charge in [-0.05, 0) is 34.5 Å². The minimum atomic E-state index is 0.821. The van der Waals surface area contributed by atoms with Crippen LogP contribution in [0.3, 0.4) is 0 Å². The van der Waals surface area contributed by atoms with Crippen LogP contribution < -0.4 is 10.6 Å². The van der Waals surface area contributed by atoms with Crippen molar-refractivity contribution in [3.63, 3.8) is 0 Å². The van der Waals surface area contributed by atoms with Gasteiger partial charge in [0.05, 0.1) is 3.79 Å². The van der Waals surface area contributed by atoms with E-state index in [0.29, 0.717) is 0 Å². The third-order valence-corrected chi connectivity index (χ3v) is 3.91. The molecule has 0 atom stereocenters. The molecule has 17 heavy (non-hydrogen) atoms. The molecular formula is C11H13BrN4S. The zero-order valence-electron chi connectivity index (χ0n) is 9.40. The zero-order valence-corrected chi connectivity index (χ0v) is 11.8. The maximum Gasteiger partial charge on any atom is 0.131 e. The van der Waals surface area contributed by atoms with Gasteiger partial charge in [0, 0.05) is 24.5 Å². The van der Waals surface area contributed by atoms with Gasteiger partial charge in [0.2, 0.25) is 0 Å². The van der Waals surface area contributed by atoms with Crippen molar-refractivity contribution in [2.24, 2.45) is 0 Å². The third-order valence-electron chi connectivity index (χ3n) is 2.23. The van der Waals surface area contributed by atoms with Crippen LogP contribution in [0, 0.1) is 0 Å². The van der Waals surface area contributed by atoms with Crippen LogP contribution in [0.1, 0.15) is 4.88 Å². The van der Waals surface area contributed by atoms with E-state index < -0.39 is 0 Å². The average molecular weight is 313 g/mol. The fraction of sp³-hybridized carbons (Fsp3) is 0.273. The van der Waals surface area contributed by atoms with Gasteiger partial charge >= 0.3 is 0 Å². The van der Waals surface area contributed by atoms with Crippen molar-refractivity contribution in [3.05, 3.63) is 33.2 Å². The summed E-state index contributed by atoms with van der Waals surface area (Å²) in [4.78, 5) is 9.57. The van der Waals surface area contributed by atoms with Gasteiger partial charge in [-0.2, -0.15) is 0 Å². The van der Waals surface area contributed by atoms with Crippen molar-refractivity contribution in [1.82, 2.24) is 9.97 Å². The number of rotatable bonds is 5. The quantitative estimate of drug-likeness (QED) is 0.891. The van der Waals surface area contributed by atoms with Gasteiger partial charge in [0.15, 0.2) is 0 Å². The van der Waals surface area contributed by atoms with Crippen molar-refractivity contribution in [1.29, 1.82) is 0 Å². The van der Waals surface area contributed by atoms with Gasteiger partial charge in [0.25, 0.3) is 0 Å². The summed E-state index contributed by atoms with van der Waals surface area (Å²) in [6.45, 7) is 0.868. The van der Waals surface area contributed by atoms with Crippen LogP contribution in [-0.2, 0) is 6.42 Å². The first-order valence-electron chi connectivity index (χ1n) is 5.26. The number of hydrogen-bond acceptors (Lipinski definition) is 5. The molecule has 2 aromatic heterocycles. The Balaban J connectivity index is 1.85. The van der Waals surface area contributed by atoms with E-state index in [1.807, 2.05) is 13.1 Å². The molecule has 2 rings (SSSR count). The summed E-state index contributed by atoms with van der Waals surface area (Å²) < 4.78 is 1.17. The van der Waals surface area contributed by atoms with E-state index in [-0.39, 0.29) is 0 Å². The first kappa shape index (κ1) is 12.3. The summed E-state index contributed by atoms with van der Waals surface area (Å²) in [5, 5.41) is 6.26. The van der Waals surface area contributed by atoms with Gasteiger partial charge in [-0.25, -0.2) is 9.97 Å². The predicted octanol–water partition coefficient (Wildman–Crippen LogP) is 3.00. The molecule has 0 amide bonds. The van der Waals surface area contributed by atoms with Crippen LogP contribution in [0.5, 0.6) is 0 Å². The highest BCUT2D eigenvalue weighted by molar-refractivity contribution is 9.11. The largest absolute Gasteiger partial charge is 0.373 e. The minimum absolute atomic E-state index is 0.821. The molecular weight excluding hydrogens is 300 g/mol. The standard InChI is InChI=1S/C11H13BrN4S/c1-13-10-6-11(16-7-15-10)14-5-4-8-2-3-9(12)17-8/h2-3,6-7H,4-5H2,1H3,(H2,13,14,15,16). The van der Waals surface area contributed by atoms with E-state index in [9.17, 15) is 0 Å². The third kappa shape index (κ3) is 3.67. The molecule has 4 nitrogen and oxygen atoms in total. The van der Waals surface area contributed by atoms with Crippen molar-refractivity contribution >= 4 is 38.9 Å². The maximum absolute atomic E-state index is 4.16. The Morgan fingerprint density at radius 2 is 2.12 bits per heavy atom. The van der Waals surface area contributed by atoms with Crippen LogP contribution in [0.4, 0.5) is 11.6 Å². The lowest BCUT2D eigenvalue weighted by molar-refractivity contribution is 1.02. The first-order chi connectivity index (χ1) is 8.28. The fourth-order valence-electron chi connectivity index (χ4n) is 1.39. The summed E-state index contributed by atoms with van der Waals surface area (Å²) >= 11 is 5.22. The van der Waals surface area contributed by atoms with Gasteiger partial charge in [0.1, 0.15) is 18.0 Å². The van der Waals surface area contributed by atoms with E-state index in [0.717, 1.165) is 24.6 Å². The topological polar surface area (TPSA) is 49.8 Å². The number of nitrogens with one attached hydrogen (secondary N) is 2. The van der Waals surface area contributed by atoms with Crippen LogP contribution in [0.25, 0.3) is 0 Å². The molecule has 0 saturated heterocycles. The molecule has 0 spiro atoms. The normalized spacial score (nSPS) is 10.2. The van der Waals surface area contributed by atoms with Gasteiger partial charge in [-0.1, -0.05) is 0 Å². The summed E-state index contributed by atoms with van der Waals surface area (Å²) in [7, 11) is 1.84. The molecule has 0 radical (unpaired) electrons. The second kappa shape index (κ2) is 5.97. The Bertz CT molecular complexity index is 486. The Kier molecular flexibility index (Phi) is 4.33. The molecule has 0 aliphatic rings. The maximum atomic E-state index is 4.16. The molecule has 6 heteroatoms. The lowest BCUT2D eigenvalue weighted by Crippen LogP contribution is -2.06. The summed E-state index contributed by atoms with van der Waals surface area (Å²) in [6.07, 6.45) is 2.55. The van der Waals surface area contributed by atoms with Crippen LogP contribution in [0.2, 0.25) is 0 Å². The highest BCUT2D eigenvalue weighted by Crippen LogP contribution is 2.22. The molecule has 0 saturated carbocycles. The number of nitrogens with zero attached hydrogens (tertiary/aromatic N) is 2. The molecule has 90 valence electrons. The Hall–Kier alpha value is -1.14.